The minimum Gasteiger partial charge on any atom is -0.494 e. The van der Waals surface area contributed by atoms with Gasteiger partial charge in [-0.2, -0.15) is 0 Å². The third kappa shape index (κ3) is 5.12. The molecule has 0 amide bonds. The molecule has 0 saturated heterocycles. The lowest BCUT2D eigenvalue weighted by molar-refractivity contribution is 0.338. The van der Waals surface area contributed by atoms with Crippen LogP contribution in [0.2, 0.25) is 0 Å². The topological polar surface area (TPSA) is 30.5 Å². The van der Waals surface area contributed by atoms with Gasteiger partial charge in [-0.3, -0.25) is 0 Å². The van der Waals surface area contributed by atoms with Crippen LogP contribution in [-0.4, -0.2) is 12.6 Å². The van der Waals surface area contributed by atoms with Crippen molar-refractivity contribution in [1.82, 2.24) is 5.32 Å². The highest BCUT2D eigenvalue weighted by Crippen LogP contribution is 2.25. The van der Waals surface area contributed by atoms with Crippen molar-refractivity contribution in [1.29, 1.82) is 0 Å². The predicted octanol–water partition coefficient (Wildman–Crippen LogP) is 4.38. The van der Waals surface area contributed by atoms with Crippen molar-refractivity contribution in [3.8, 4) is 17.2 Å². The molecule has 2 aromatic rings. The van der Waals surface area contributed by atoms with E-state index in [4.69, 9.17) is 9.47 Å². The first kappa shape index (κ1) is 15.4. The number of hydrogen-bond acceptors (Lipinski definition) is 3. The molecule has 21 heavy (non-hydrogen) atoms. The number of nitrogens with one attached hydrogen (secondary N) is 1. The fraction of sp³-hybridized carbons (Fsp3) is 0.333. The normalized spacial score (nSPS) is 10.7. The van der Waals surface area contributed by atoms with E-state index in [1.165, 1.54) is 5.56 Å². The van der Waals surface area contributed by atoms with Crippen LogP contribution < -0.4 is 14.8 Å². The SMILES string of the molecule is CCOc1cccc(Oc2cccc(CNC(C)C)c2)c1. The minimum atomic E-state index is 0.470. The molecule has 0 aliphatic heterocycles. The lowest BCUT2D eigenvalue weighted by Gasteiger charge is -2.11. The average molecular weight is 285 g/mol. The molecule has 0 bridgehead atoms. The Morgan fingerprint density at radius 1 is 0.952 bits per heavy atom. The van der Waals surface area contributed by atoms with Crippen LogP contribution in [0.4, 0.5) is 0 Å². The molecule has 0 aliphatic rings. The van der Waals surface area contributed by atoms with Gasteiger partial charge in [-0.1, -0.05) is 32.0 Å². The first-order valence-electron chi connectivity index (χ1n) is 7.40. The van der Waals surface area contributed by atoms with Crippen molar-refractivity contribution in [2.45, 2.75) is 33.4 Å². The molecule has 112 valence electrons. The molecule has 3 heteroatoms. The maximum Gasteiger partial charge on any atom is 0.131 e. The standard InChI is InChI=1S/C18H23NO2/c1-4-20-16-8-6-10-18(12-16)21-17-9-5-7-15(11-17)13-19-14(2)3/h5-12,14,19H,4,13H2,1-3H3. The molecule has 1 N–H and O–H groups in total. The predicted molar refractivity (Wildman–Crippen MR) is 86.1 cm³/mol. The van der Waals surface area contributed by atoms with Crippen LogP contribution in [0.3, 0.4) is 0 Å². The van der Waals surface area contributed by atoms with E-state index in [9.17, 15) is 0 Å². The van der Waals surface area contributed by atoms with E-state index in [2.05, 4.69) is 31.3 Å². The number of ether oxygens (including phenoxy) is 2. The van der Waals surface area contributed by atoms with Crippen LogP contribution in [-0.2, 0) is 6.54 Å². The lowest BCUT2D eigenvalue weighted by atomic mass is 10.2. The maximum absolute atomic E-state index is 5.91. The molecule has 0 atom stereocenters. The van der Waals surface area contributed by atoms with Gasteiger partial charge in [0, 0.05) is 18.7 Å². The molecule has 3 nitrogen and oxygen atoms in total. The first-order valence-corrected chi connectivity index (χ1v) is 7.40. The van der Waals surface area contributed by atoms with Gasteiger partial charge >= 0.3 is 0 Å². The average Bonchev–Trinajstić information content (AvgIpc) is 2.46. The zero-order chi connectivity index (χ0) is 15.1. The van der Waals surface area contributed by atoms with E-state index in [1.807, 2.05) is 43.3 Å². The molecule has 0 fully saturated rings. The van der Waals surface area contributed by atoms with Crippen LogP contribution in [0.1, 0.15) is 26.3 Å². The Balaban J connectivity index is 2.05. The third-order valence-corrected chi connectivity index (χ3v) is 2.97. The zero-order valence-corrected chi connectivity index (χ0v) is 12.9. The van der Waals surface area contributed by atoms with Crippen molar-refractivity contribution in [2.75, 3.05) is 6.61 Å². The monoisotopic (exact) mass is 285 g/mol. The smallest absolute Gasteiger partial charge is 0.131 e. The molecule has 0 radical (unpaired) electrons. The quantitative estimate of drug-likeness (QED) is 0.819. The Morgan fingerprint density at radius 3 is 2.33 bits per heavy atom. The van der Waals surface area contributed by atoms with E-state index < -0.39 is 0 Å². The second-order valence-corrected chi connectivity index (χ2v) is 5.19. The number of hydrogen-bond donors (Lipinski definition) is 1. The molecule has 0 aliphatic carbocycles. The Morgan fingerprint density at radius 2 is 1.62 bits per heavy atom. The van der Waals surface area contributed by atoms with Gasteiger partial charge in [0.25, 0.3) is 0 Å². The van der Waals surface area contributed by atoms with Gasteiger partial charge in [0.15, 0.2) is 0 Å². The van der Waals surface area contributed by atoms with Gasteiger partial charge in [0.05, 0.1) is 6.61 Å². The molecule has 0 saturated carbocycles. The van der Waals surface area contributed by atoms with Crippen LogP contribution in [0.25, 0.3) is 0 Å². The molecule has 0 spiro atoms. The lowest BCUT2D eigenvalue weighted by Crippen LogP contribution is -2.21. The van der Waals surface area contributed by atoms with Crippen molar-refractivity contribution >= 4 is 0 Å². The van der Waals surface area contributed by atoms with Crippen molar-refractivity contribution in [3.05, 3.63) is 54.1 Å². The van der Waals surface area contributed by atoms with Crippen molar-refractivity contribution < 1.29 is 9.47 Å². The summed E-state index contributed by atoms with van der Waals surface area (Å²) in [6, 6.07) is 16.3. The van der Waals surface area contributed by atoms with Gasteiger partial charge in [-0.25, -0.2) is 0 Å². The summed E-state index contributed by atoms with van der Waals surface area (Å²) in [6.45, 7) is 7.74. The molecule has 2 aromatic carbocycles. The van der Waals surface area contributed by atoms with E-state index in [1.54, 1.807) is 0 Å². The van der Waals surface area contributed by atoms with Crippen LogP contribution in [0.5, 0.6) is 17.2 Å². The van der Waals surface area contributed by atoms with Crippen molar-refractivity contribution in [2.24, 2.45) is 0 Å². The molecule has 0 aromatic heterocycles. The summed E-state index contributed by atoms with van der Waals surface area (Å²) >= 11 is 0. The highest BCUT2D eigenvalue weighted by Gasteiger charge is 2.02. The van der Waals surface area contributed by atoms with E-state index >= 15 is 0 Å². The Kier molecular flexibility index (Phi) is 5.64. The fourth-order valence-corrected chi connectivity index (χ4v) is 1.97. The largest absolute Gasteiger partial charge is 0.494 e. The van der Waals surface area contributed by atoms with E-state index in [0.29, 0.717) is 12.6 Å². The highest BCUT2D eigenvalue weighted by atomic mass is 16.5. The molecular weight excluding hydrogens is 262 g/mol. The van der Waals surface area contributed by atoms with E-state index in [0.717, 1.165) is 23.8 Å². The molecule has 0 unspecified atom stereocenters. The van der Waals surface area contributed by atoms with Gasteiger partial charge in [-0.05, 0) is 36.8 Å². The van der Waals surface area contributed by atoms with E-state index in [-0.39, 0.29) is 0 Å². The molecule has 0 heterocycles. The summed E-state index contributed by atoms with van der Waals surface area (Å²) in [5.74, 6) is 2.45. The summed E-state index contributed by atoms with van der Waals surface area (Å²) in [7, 11) is 0. The Hall–Kier alpha value is -2.00. The zero-order valence-electron chi connectivity index (χ0n) is 12.9. The number of rotatable bonds is 7. The number of benzene rings is 2. The summed E-state index contributed by atoms with van der Waals surface area (Å²) in [6.07, 6.45) is 0. The van der Waals surface area contributed by atoms with Crippen LogP contribution in [0, 0.1) is 0 Å². The fourth-order valence-electron chi connectivity index (χ4n) is 1.97. The summed E-state index contributed by atoms with van der Waals surface area (Å²) in [4.78, 5) is 0. The highest BCUT2D eigenvalue weighted by molar-refractivity contribution is 5.38. The van der Waals surface area contributed by atoms with Crippen molar-refractivity contribution in [3.63, 3.8) is 0 Å². The Labute approximate surface area is 126 Å². The second kappa shape index (κ2) is 7.70. The molecule has 2 rings (SSSR count). The summed E-state index contributed by atoms with van der Waals surface area (Å²) in [5.41, 5.74) is 1.21. The minimum absolute atomic E-state index is 0.470. The van der Waals surface area contributed by atoms with Gasteiger partial charge in [0.2, 0.25) is 0 Å². The second-order valence-electron chi connectivity index (χ2n) is 5.19. The van der Waals surface area contributed by atoms with Gasteiger partial charge in [0.1, 0.15) is 17.2 Å². The van der Waals surface area contributed by atoms with Crippen LogP contribution in [0.15, 0.2) is 48.5 Å². The Bertz CT molecular complexity index is 567. The van der Waals surface area contributed by atoms with Crippen LogP contribution >= 0.6 is 0 Å². The third-order valence-electron chi connectivity index (χ3n) is 2.97. The summed E-state index contributed by atoms with van der Waals surface area (Å²) < 4.78 is 11.4. The summed E-state index contributed by atoms with van der Waals surface area (Å²) in [5, 5.41) is 3.40. The first-order chi connectivity index (χ1) is 10.2. The van der Waals surface area contributed by atoms with Gasteiger partial charge in [-0.15, -0.1) is 0 Å². The maximum atomic E-state index is 5.91. The molecular formula is C18H23NO2. The van der Waals surface area contributed by atoms with Gasteiger partial charge < -0.3 is 14.8 Å².